The lowest BCUT2D eigenvalue weighted by atomic mass is 10.7. The Bertz CT molecular complexity index is 298. The van der Waals surface area contributed by atoms with Gasteiger partial charge in [-0.15, -0.1) is 19.7 Å². The van der Waals surface area contributed by atoms with Gasteiger partial charge in [0.15, 0.2) is 0 Å². The van der Waals surface area contributed by atoms with Crippen LogP contribution in [0.5, 0.6) is 0 Å². The predicted octanol–water partition coefficient (Wildman–Crippen LogP) is 4.73. The van der Waals surface area contributed by atoms with E-state index in [-0.39, 0.29) is 0 Å². The highest BCUT2D eigenvalue weighted by Crippen LogP contribution is 2.20. The second-order valence-electron chi connectivity index (χ2n) is 4.85. The summed E-state index contributed by atoms with van der Waals surface area (Å²) in [5.74, 6) is 0. The molecule has 0 amide bonds. The molecule has 0 saturated heterocycles. The summed E-state index contributed by atoms with van der Waals surface area (Å²) in [5.41, 5.74) is 1.81. The fourth-order valence-corrected chi connectivity index (χ4v) is 6.18. The van der Waals surface area contributed by atoms with Gasteiger partial charge in [0.2, 0.25) is 0 Å². The van der Waals surface area contributed by atoms with Crippen molar-refractivity contribution in [2.75, 3.05) is 26.4 Å². The van der Waals surface area contributed by atoms with Gasteiger partial charge in [-0.25, -0.2) is 0 Å². The largest absolute Gasteiger partial charge is 0.394 e. The Kier molecular flexibility index (Phi) is 16.2. The molecule has 136 valence electrons. The van der Waals surface area contributed by atoms with Crippen LogP contribution in [0.3, 0.4) is 0 Å². The summed E-state index contributed by atoms with van der Waals surface area (Å²) < 4.78 is 22.3. The molecule has 4 nitrogen and oxygen atoms in total. The van der Waals surface area contributed by atoms with Crippen LogP contribution >= 0.6 is 0 Å². The maximum absolute atomic E-state index is 5.72. The molecule has 0 spiro atoms. The van der Waals surface area contributed by atoms with Crippen LogP contribution in [-0.2, 0) is 17.7 Å². The third kappa shape index (κ3) is 11.6. The van der Waals surface area contributed by atoms with Gasteiger partial charge in [0, 0.05) is 38.5 Å². The Hall–Kier alpha value is -0.506. The number of rotatable bonds is 13. The van der Waals surface area contributed by atoms with E-state index in [4.69, 9.17) is 17.7 Å². The first kappa shape index (κ1) is 24.7. The summed E-state index contributed by atoms with van der Waals surface area (Å²) in [6, 6.07) is 1.67. The van der Waals surface area contributed by atoms with Gasteiger partial charge in [-0.2, -0.15) is 0 Å². The second-order valence-corrected chi connectivity index (χ2v) is 11.1. The average molecular weight is 361 g/mol. The van der Waals surface area contributed by atoms with Gasteiger partial charge >= 0.3 is 17.1 Å². The Morgan fingerprint density at radius 3 is 1.26 bits per heavy atom. The van der Waals surface area contributed by atoms with Gasteiger partial charge in [-0.1, -0.05) is 12.2 Å². The molecule has 23 heavy (non-hydrogen) atoms. The minimum atomic E-state index is -2.03. The molecule has 0 aromatic heterocycles. The third-order valence-corrected chi connectivity index (χ3v) is 8.87. The van der Waals surface area contributed by atoms with Crippen molar-refractivity contribution in [2.24, 2.45) is 0 Å². The van der Waals surface area contributed by atoms with Gasteiger partial charge in [-0.05, 0) is 39.9 Å². The van der Waals surface area contributed by atoms with Crippen molar-refractivity contribution in [3.05, 3.63) is 37.6 Å². The molecule has 0 aliphatic carbocycles. The van der Waals surface area contributed by atoms with E-state index in [0.29, 0.717) is 26.4 Å². The molecule has 0 radical (unpaired) electrons. The number of hydrogen-bond donors (Lipinski definition) is 0. The van der Waals surface area contributed by atoms with Crippen LogP contribution in [0.25, 0.3) is 0 Å². The van der Waals surface area contributed by atoms with Crippen molar-refractivity contribution in [1.82, 2.24) is 0 Å². The number of hydrogen-bond acceptors (Lipinski definition) is 4. The van der Waals surface area contributed by atoms with Crippen LogP contribution in [0.1, 0.15) is 27.7 Å². The molecular weight excluding hydrogens is 324 g/mol. The summed E-state index contributed by atoms with van der Waals surface area (Å²) in [4.78, 5) is 0. The molecule has 0 rings (SSSR count). The first-order chi connectivity index (χ1) is 10.9. The zero-order chi connectivity index (χ0) is 18.2. The van der Waals surface area contributed by atoms with Crippen LogP contribution in [-0.4, -0.2) is 43.5 Å². The topological polar surface area (TPSA) is 36.9 Å². The van der Waals surface area contributed by atoms with E-state index in [1.54, 1.807) is 5.70 Å². The van der Waals surface area contributed by atoms with Crippen molar-refractivity contribution in [1.29, 1.82) is 0 Å². The van der Waals surface area contributed by atoms with Crippen LogP contribution < -0.4 is 0 Å². The molecule has 0 aromatic rings. The Morgan fingerprint density at radius 2 is 1.04 bits per heavy atom. The van der Waals surface area contributed by atoms with E-state index in [1.807, 2.05) is 46.4 Å². The second kappa shape index (κ2) is 15.0. The van der Waals surface area contributed by atoms with E-state index in [0.717, 1.165) is 12.1 Å². The zero-order valence-corrected chi connectivity index (χ0v) is 17.7. The molecular formula is C17H36O4Si2. The molecule has 0 aliphatic rings. The molecule has 0 saturated carbocycles. The first-order valence-electron chi connectivity index (χ1n) is 8.34. The lowest BCUT2D eigenvalue weighted by Gasteiger charge is -2.27. The highest BCUT2D eigenvalue weighted by Gasteiger charge is 2.33. The maximum atomic E-state index is 5.72. The lowest BCUT2D eigenvalue weighted by Crippen LogP contribution is -2.41. The monoisotopic (exact) mass is 360 g/mol. The maximum Gasteiger partial charge on any atom is 0.361 e. The molecule has 0 aliphatic heterocycles. The first-order valence-corrected chi connectivity index (χ1v) is 13.0. The minimum absolute atomic E-state index is 0.702. The van der Waals surface area contributed by atoms with Gasteiger partial charge in [0.1, 0.15) is 0 Å². The van der Waals surface area contributed by atoms with Gasteiger partial charge in [0.25, 0.3) is 0 Å². The highest BCUT2D eigenvalue weighted by molar-refractivity contribution is 6.71. The standard InChI is InChI=1S/C10H20O2Si.C7H16O2Si/c1-5-9-13(10-6-2,11-7-3)12-8-4;1-5-8-10(4,7-3)9-6-2/h5-6H,1-2,7-10H2,3-4H3;7H,3,5-6H2,1-2,4H3. The molecule has 0 heterocycles. The Labute approximate surface area is 145 Å². The van der Waals surface area contributed by atoms with Crippen LogP contribution in [0.4, 0.5) is 0 Å². The van der Waals surface area contributed by atoms with Gasteiger partial charge < -0.3 is 17.7 Å². The number of allylic oxidation sites excluding steroid dienone is 2. The normalized spacial score (nSPS) is 11.3. The van der Waals surface area contributed by atoms with E-state index < -0.39 is 17.1 Å². The third-order valence-electron chi connectivity index (χ3n) is 2.96. The van der Waals surface area contributed by atoms with Crippen molar-refractivity contribution >= 4 is 17.1 Å². The Morgan fingerprint density at radius 1 is 0.696 bits per heavy atom. The molecule has 0 N–H and O–H groups in total. The quantitative estimate of drug-likeness (QED) is 0.351. The van der Waals surface area contributed by atoms with E-state index in [1.165, 1.54) is 0 Å². The van der Waals surface area contributed by atoms with Crippen molar-refractivity contribution in [3.63, 3.8) is 0 Å². The van der Waals surface area contributed by atoms with E-state index in [9.17, 15) is 0 Å². The Balaban J connectivity index is 0. The minimum Gasteiger partial charge on any atom is -0.394 e. The SMILES string of the molecule is C=CC[Si](CC=C)(OCC)OCC.C=C[Si](C)(OCC)OCC. The zero-order valence-electron chi connectivity index (χ0n) is 15.7. The van der Waals surface area contributed by atoms with Crippen LogP contribution in [0.2, 0.25) is 18.6 Å². The summed E-state index contributed by atoms with van der Waals surface area (Å²) in [6.45, 7) is 23.9. The fourth-order valence-electron chi connectivity index (χ4n) is 2.06. The highest BCUT2D eigenvalue weighted by atomic mass is 28.4. The molecule has 0 aromatic carbocycles. The van der Waals surface area contributed by atoms with Gasteiger partial charge in [0.05, 0.1) is 0 Å². The van der Waals surface area contributed by atoms with Crippen molar-refractivity contribution < 1.29 is 17.7 Å². The van der Waals surface area contributed by atoms with Gasteiger partial charge in [-0.3, -0.25) is 0 Å². The smallest absolute Gasteiger partial charge is 0.361 e. The van der Waals surface area contributed by atoms with Crippen molar-refractivity contribution in [2.45, 2.75) is 46.3 Å². The average Bonchev–Trinajstić information content (AvgIpc) is 2.49. The van der Waals surface area contributed by atoms with Crippen molar-refractivity contribution in [3.8, 4) is 0 Å². The summed E-state index contributed by atoms with van der Waals surface area (Å²) in [7, 11) is -3.99. The predicted molar refractivity (Wildman–Crippen MR) is 104 cm³/mol. The fraction of sp³-hybridized carbons (Fsp3) is 0.647. The summed E-state index contributed by atoms with van der Waals surface area (Å²) in [5, 5.41) is 0. The van der Waals surface area contributed by atoms with E-state index >= 15 is 0 Å². The molecule has 0 fully saturated rings. The molecule has 6 heteroatoms. The summed E-state index contributed by atoms with van der Waals surface area (Å²) >= 11 is 0. The van der Waals surface area contributed by atoms with Crippen LogP contribution in [0.15, 0.2) is 37.6 Å². The van der Waals surface area contributed by atoms with Crippen LogP contribution in [0, 0.1) is 0 Å². The summed E-state index contributed by atoms with van der Waals surface area (Å²) in [6.07, 6.45) is 3.75. The molecule has 0 unspecified atom stereocenters. The van der Waals surface area contributed by atoms with E-state index in [2.05, 4.69) is 19.7 Å². The molecule has 0 atom stereocenters. The lowest BCUT2D eigenvalue weighted by molar-refractivity contribution is 0.188. The molecule has 0 bridgehead atoms.